The van der Waals surface area contributed by atoms with Gasteiger partial charge in [-0.25, -0.2) is 9.78 Å². The predicted molar refractivity (Wildman–Crippen MR) is 122 cm³/mol. The van der Waals surface area contributed by atoms with E-state index in [-0.39, 0.29) is 12.1 Å². The average molecular weight is 436 g/mol. The van der Waals surface area contributed by atoms with Crippen LogP contribution in [-0.2, 0) is 11.3 Å². The lowest BCUT2D eigenvalue weighted by Crippen LogP contribution is -2.52. The van der Waals surface area contributed by atoms with Gasteiger partial charge in [-0.1, -0.05) is 0 Å². The molecule has 1 saturated heterocycles. The van der Waals surface area contributed by atoms with Gasteiger partial charge in [0, 0.05) is 37.6 Å². The molecule has 0 radical (unpaired) electrons. The number of nitrogens with zero attached hydrogens (tertiary/aromatic N) is 4. The minimum absolute atomic E-state index is 0.162. The second-order valence-electron chi connectivity index (χ2n) is 9.44. The van der Waals surface area contributed by atoms with E-state index in [0.717, 1.165) is 49.1 Å². The standard InChI is InChI=1S/C22H37N5O2S/c1-15-16(2)30-19(25-15)13-24-20(23-6)26-11-9-18(10-12-26)27(14-17-7-8-17)21(28)29-22(3,4)5/h17-18H,7-14H2,1-6H3,(H,23,24). The molecule has 8 heteroatoms. The number of hydrogen-bond acceptors (Lipinski definition) is 5. The Morgan fingerprint density at radius 2 is 1.93 bits per heavy atom. The van der Waals surface area contributed by atoms with Crippen LogP contribution >= 0.6 is 11.3 Å². The molecule has 0 aromatic carbocycles. The second-order valence-corrected chi connectivity index (χ2v) is 10.7. The van der Waals surface area contributed by atoms with Crippen molar-refractivity contribution in [2.45, 2.75) is 78.5 Å². The highest BCUT2D eigenvalue weighted by molar-refractivity contribution is 7.11. The summed E-state index contributed by atoms with van der Waals surface area (Å²) in [7, 11) is 1.83. The second kappa shape index (κ2) is 9.54. The highest BCUT2D eigenvalue weighted by Crippen LogP contribution is 2.32. The van der Waals surface area contributed by atoms with Crippen LogP contribution in [0.2, 0.25) is 0 Å². The lowest BCUT2D eigenvalue weighted by molar-refractivity contribution is 0.00928. The molecule has 0 unspecified atom stereocenters. The SMILES string of the molecule is CN=C(NCc1nc(C)c(C)s1)N1CCC(N(CC2CC2)C(=O)OC(C)(C)C)CC1. The highest BCUT2D eigenvalue weighted by Gasteiger charge is 2.35. The van der Waals surface area contributed by atoms with E-state index in [0.29, 0.717) is 12.5 Å². The first kappa shape index (κ1) is 22.8. The van der Waals surface area contributed by atoms with Gasteiger partial charge in [0.15, 0.2) is 5.96 Å². The van der Waals surface area contributed by atoms with E-state index in [9.17, 15) is 4.79 Å². The maximum absolute atomic E-state index is 12.8. The summed E-state index contributed by atoms with van der Waals surface area (Å²) in [4.78, 5) is 27.5. The van der Waals surface area contributed by atoms with Crippen molar-refractivity contribution in [3.05, 3.63) is 15.6 Å². The molecular formula is C22H37N5O2S. The van der Waals surface area contributed by atoms with E-state index in [2.05, 4.69) is 27.1 Å². The molecular weight excluding hydrogens is 398 g/mol. The molecule has 1 aliphatic heterocycles. The first-order chi connectivity index (χ1) is 14.2. The van der Waals surface area contributed by atoms with Crippen LogP contribution in [0.15, 0.2) is 4.99 Å². The molecule has 1 aromatic heterocycles. The highest BCUT2D eigenvalue weighted by atomic mass is 32.1. The molecule has 1 aromatic rings. The van der Waals surface area contributed by atoms with Crippen molar-refractivity contribution in [3.63, 3.8) is 0 Å². The fourth-order valence-corrected chi connectivity index (χ4v) is 4.64. The summed E-state index contributed by atoms with van der Waals surface area (Å²) in [5.41, 5.74) is 0.642. The quantitative estimate of drug-likeness (QED) is 0.560. The number of guanidine groups is 1. The van der Waals surface area contributed by atoms with Crippen LogP contribution in [0.3, 0.4) is 0 Å². The number of piperidine rings is 1. The van der Waals surface area contributed by atoms with Crippen molar-refractivity contribution in [1.29, 1.82) is 0 Å². The fraction of sp³-hybridized carbons (Fsp3) is 0.773. The van der Waals surface area contributed by atoms with E-state index in [1.165, 1.54) is 17.7 Å². The number of hydrogen-bond donors (Lipinski definition) is 1. The minimum atomic E-state index is -0.460. The van der Waals surface area contributed by atoms with Gasteiger partial charge in [0.25, 0.3) is 0 Å². The number of rotatable bonds is 5. The zero-order chi connectivity index (χ0) is 21.9. The van der Waals surface area contributed by atoms with Crippen molar-refractivity contribution < 1.29 is 9.53 Å². The van der Waals surface area contributed by atoms with Gasteiger partial charge in [0.05, 0.1) is 12.2 Å². The molecule has 1 N–H and O–H groups in total. The van der Waals surface area contributed by atoms with E-state index in [1.54, 1.807) is 11.3 Å². The molecule has 3 rings (SSSR count). The summed E-state index contributed by atoms with van der Waals surface area (Å²) in [5, 5.41) is 4.54. The molecule has 7 nitrogen and oxygen atoms in total. The van der Waals surface area contributed by atoms with Crippen molar-refractivity contribution in [1.82, 2.24) is 20.1 Å². The van der Waals surface area contributed by atoms with Gasteiger partial charge >= 0.3 is 6.09 Å². The van der Waals surface area contributed by atoms with E-state index in [1.807, 2.05) is 39.6 Å². The number of aliphatic imine (C=N–C) groups is 1. The topological polar surface area (TPSA) is 70.1 Å². The number of aryl methyl sites for hydroxylation is 2. The molecule has 2 heterocycles. The number of amides is 1. The van der Waals surface area contributed by atoms with Gasteiger partial charge in [-0.2, -0.15) is 0 Å². The number of carbonyl (C=O) groups excluding carboxylic acids is 1. The number of aromatic nitrogens is 1. The summed E-state index contributed by atoms with van der Waals surface area (Å²) >= 11 is 1.73. The maximum atomic E-state index is 12.8. The van der Waals surface area contributed by atoms with Crippen LogP contribution in [0.5, 0.6) is 0 Å². The van der Waals surface area contributed by atoms with Crippen LogP contribution < -0.4 is 5.32 Å². The first-order valence-electron chi connectivity index (χ1n) is 11.0. The molecule has 2 aliphatic rings. The third-order valence-electron chi connectivity index (χ3n) is 5.67. The van der Waals surface area contributed by atoms with Gasteiger partial charge in [-0.15, -0.1) is 11.3 Å². The van der Waals surface area contributed by atoms with Crippen LogP contribution in [0.1, 0.15) is 62.0 Å². The molecule has 168 valence electrons. The molecule has 1 aliphatic carbocycles. The smallest absolute Gasteiger partial charge is 0.410 e. The zero-order valence-corrected chi connectivity index (χ0v) is 20.1. The first-order valence-corrected chi connectivity index (χ1v) is 11.9. The van der Waals surface area contributed by atoms with Crippen molar-refractivity contribution in [3.8, 4) is 0 Å². The lowest BCUT2D eigenvalue weighted by atomic mass is 10.0. The Bertz CT molecular complexity index is 739. The summed E-state index contributed by atoms with van der Waals surface area (Å²) in [6.07, 6.45) is 4.16. The summed E-state index contributed by atoms with van der Waals surface area (Å²) in [5.74, 6) is 1.56. The van der Waals surface area contributed by atoms with Crippen molar-refractivity contribution in [2.24, 2.45) is 10.9 Å². The van der Waals surface area contributed by atoms with Gasteiger partial charge in [0.1, 0.15) is 10.6 Å². The molecule has 1 amide bonds. The third kappa shape index (κ3) is 6.33. The molecule has 0 spiro atoms. The van der Waals surface area contributed by atoms with Crippen LogP contribution in [0, 0.1) is 19.8 Å². The van der Waals surface area contributed by atoms with Gasteiger partial charge < -0.3 is 19.9 Å². The summed E-state index contributed by atoms with van der Waals surface area (Å²) in [6, 6.07) is 0.235. The average Bonchev–Trinajstić information content (AvgIpc) is 3.44. The minimum Gasteiger partial charge on any atom is -0.444 e. The molecule has 0 bridgehead atoms. The monoisotopic (exact) mass is 435 g/mol. The predicted octanol–water partition coefficient (Wildman–Crippen LogP) is 3.95. The Labute approximate surface area is 184 Å². The van der Waals surface area contributed by atoms with E-state index >= 15 is 0 Å². The van der Waals surface area contributed by atoms with Crippen molar-refractivity contribution >= 4 is 23.4 Å². The number of nitrogens with one attached hydrogen (secondary N) is 1. The summed E-state index contributed by atoms with van der Waals surface area (Å²) < 4.78 is 5.71. The molecule has 1 saturated carbocycles. The Kier molecular flexibility index (Phi) is 7.26. The Hall–Kier alpha value is -1.83. The Balaban J connectivity index is 1.54. The number of likely N-dealkylation sites (tertiary alicyclic amines) is 1. The Morgan fingerprint density at radius 3 is 2.43 bits per heavy atom. The normalized spacial score (nSPS) is 18.5. The fourth-order valence-electron chi connectivity index (χ4n) is 3.76. The van der Waals surface area contributed by atoms with Gasteiger partial charge in [-0.3, -0.25) is 4.99 Å². The van der Waals surface area contributed by atoms with Crippen molar-refractivity contribution in [2.75, 3.05) is 26.7 Å². The Morgan fingerprint density at radius 1 is 1.27 bits per heavy atom. The molecule has 2 fully saturated rings. The van der Waals surface area contributed by atoms with Crippen LogP contribution in [0.4, 0.5) is 4.79 Å². The van der Waals surface area contributed by atoms with E-state index < -0.39 is 5.60 Å². The number of ether oxygens (including phenoxy) is 1. The zero-order valence-electron chi connectivity index (χ0n) is 19.3. The largest absolute Gasteiger partial charge is 0.444 e. The third-order valence-corrected chi connectivity index (χ3v) is 6.74. The summed E-state index contributed by atoms with van der Waals surface area (Å²) in [6.45, 7) is 13.2. The van der Waals surface area contributed by atoms with Gasteiger partial charge in [0.2, 0.25) is 0 Å². The lowest BCUT2D eigenvalue weighted by Gasteiger charge is -2.40. The van der Waals surface area contributed by atoms with Gasteiger partial charge in [-0.05, 0) is 66.2 Å². The van der Waals surface area contributed by atoms with Crippen LogP contribution in [-0.4, -0.2) is 65.2 Å². The molecule has 30 heavy (non-hydrogen) atoms. The van der Waals surface area contributed by atoms with E-state index in [4.69, 9.17) is 4.74 Å². The van der Waals surface area contributed by atoms with Crippen LogP contribution in [0.25, 0.3) is 0 Å². The number of thiazole rings is 1. The molecule has 0 atom stereocenters. The maximum Gasteiger partial charge on any atom is 0.410 e. The number of carbonyl (C=O) groups is 1.